The van der Waals surface area contributed by atoms with Crippen LogP contribution in [-0.2, 0) is 9.84 Å². The van der Waals surface area contributed by atoms with Crippen LogP contribution in [0.4, 0.5) is 0 Å². The first kappa shape index (κ1) is 14.8. The van der Waals surface area contributed by atoms with Gasteiger partial charge in [0, 0.05) is 0 Å². The van der Waals surface area contributed by atoms with Gasteiger partial charge in [-0.2, -0.15) is 5.26 Å². The molecule has 0 amide bonds. The third-order valence-electron chi connectivity index (χ3n) is 2.92. The Bertz CT molecular complexity index is 811. The lowest BCUT2D eigenvalue weighted by Crippen LogP contribution is -2.03. The first-order valence-corrected chi connectivity index (χ1v) is 7.64. The molecule has 106 valence electrons. The molecule has 2 aromatic carbocycles. The summed E-state index contributed by atoms with van der Waals surface area (Å²) in [5.74, 6) is 0.0760. The Kier molecular flexibility index (Phi) is 4.10. The Balaban J connectivity index is 2.47. The van der Waals surface area contributed by atoms with Crippen molar-refractivity contribution < 1.29 is 13.5 Å². The van der Waals surface area contributed by atoms with Crippen LogP contribution in [0.3, 0.4) is 0 Å². The van der Waals surface area contributed by atoms with Crippen LogP contribution in [0.2, 0.25) is 0 Å². The van der Waals surface area contributed by atoms with Crippen molar-refractivity contribution in [3.05, 3.63) is 64.6 Å². The molecule has 0 aliphatic heterocycles. The molecule has 0 heterocycles. The van der Waals surface area contributed by atoms with E-state index in [1.807, 2.05) is 6.92 Å². The van der Waals surface area contributed by atoms with E-state index in [1.165, 1.54) is 42.5 Å². The molecule has 0 aromatic heterocycles. The van der Waals surface area contributed by atoms with Crippen molar-refractivity contribution in [1.29, 1.82) is 5.26 Å². The average Bonchev–Trinajstić information content (AvgIpc) is 2.47. The van der Waals surface area contributed by atoms with E-state index in [1.54, 1.807) is 18.2 Å². The largest absolute Gasteiger partial charge is 0.508 e. The molecule has 0 aliphatic carbocycles. The normalized spacial score (nSPS) is 11.9. The molecule has 0 saturated carbocycles. The summed E-state index contributed by atoms with van der Waals surface area (Å²) in [5.41, 5.74) is 1.47. The van der Waals surface area contributed by atoms with E-state index < -0.39 is 9.84 Å². The van der Waals surface area contributed by atoms with E-state index in [9.17, 15) is 13.5 Å². The van der Waals surface area contributed by atoms with Crippen LogP contribution in [0.15, 0.2) is 58.3 Å². The summed E-state index contributed by atoms with van der Waals surface area (Å²) in [6.07, 6.45) is 1.29. The predicted octanol–water partition coefficient (Wildman–Crippen LogP) is 3.04. The lowest BCUT2D eigenvalue weighted by atomic mass is 10.2. The van der Waals surface area contributed by atoms with Crippen molar-refractivity contribution in [1.82, 2.24) is 0 Å². The molecular weight excluding hydrogens is 286 g/mol. The Morgan fingerprint density at radius 3 is 2.19 bits per heavy atom. The standard InChI is InChI=1S/C16H13NO3S/c1-12-2-8-15(9-3-12)21(19,20)16(11-17)10-13-4-6-14(18)7-5-13/h2-10,18H,1H3. The topological polar surface area (TPSA) is 78.2 Å². The number of nitrogens with zero attached hydrogens (tertiary/aromatic N) is 1. The quantitative estimate of drug-likeness (QED) is 0.884. The first-order valence-electron chi connectivity index (χ1n) is 6.16. The SMILES string of the molecule is Cc1ccc(S(=O)(=O)C(C#N)=Cc2ccc(O)cc2)cc1. The minimum Gasteiger partial charge on any atom is -0.508 e. The van der Waals surface area contributed by atoms with Gasteiger partial charge in [0.1, 0.15) is 16.7 Å². The summed E-state index contributed by atoms with van der Waals surface area (Å²) < 4.78 is 24.8. The van der Waals surface area contributed by atoms with Crippen LogP contribution in [-0.4, -0.2) is 13.5 Å². The van der Waals surface area contributed by atoms with Gasteiger partial charge in [-0.15, -0.1) is 0 Å². The van der Waals surface area contributed by atoms with Gasteiger partial charge in [-0.1, -0.05) is 29.8 Å². The number of rotatable bonds is 3. The molecule has 2 rings (SSSR count). The van der Waals surface area contributed by atoms with Gasteiger partial charge in [-0.25, -0.2) is 8.42 Å². The minimum absolute atomic E-state index is 0.0760. The second-order valence-corrected chi connectivity index (χ2v) is 6.45. The van der Waals surface area contributed by atoms with Gasteiger partial charge in [0.05, 0.1) is 4.90 Å². The smallest absolute Gasteiger partial charge is 0.216 e. The zero-order chi connectivity index (χ0) is 15.5. The van der Waals surface area contributed by atoms with Crippen LogP contribution >= 0.6 is 0 Å². The molecule has 4 nitrogen and oxygen atoms in total. The zero-order valence-corrected chi connectivity index (χ0v) is 12.1. The Morgan fingerprint density at radius 2 is 1.67 bits per heavy atom. The van der Waals surface area contributed by atoms with E-state index in [-0.39, 0.29) is 15.6 Å². The molecule has 0 fully saturated rings. The van der Waals surface area contributed by atoms with Crippen LogP contribution in [0, 0.1) is 18.3 Å². The van der Waals surface area contributed by atoms with Gasteiger partial charge in [-0.3, -0.25) is 0 Å². The van der Waals surface area contributed by atoms with Crippen molar-refractivity contribution in [2.24, 2.45) is 0 Å². The molecule has 21 heavy (non-hydrogen) atoms. The number of hydrogen-bond acceptors (Lipinski definition) is 4. The highest BCUT2D eigenvalue weighted by atomic mass is 32.2. The van der Waals surface area contributed by atoms with Crippen molar-refractivity contribution in [2.75, 3.05) is 0 Å². The van der Waals surface area contributed by atoms with E-state index >= 15 is 0 Å². The highest BCUT2D eigenvalue weighted by molar-refractivity contribution is 7.95. The Morgan fingerprint density at radius 1 is 1.10 bits per heavy atom. The van der Waals surface area contributed by atoms with E-state index in [0.717, 1.165) is 5.56 Å². The number of aryl methyl sites for hydroxylation is 1. The molecule has 5 heteroatoms. The summed E-state index contributed by atoms with van der Waals surface area (Å²) in [6, 6.07) is 14.0. The molecule has 0 bridgehead atoms. The van der Waals surface area contributed by atoms with Crippen LogP contribution < -0.4 is 0 Å². The second-order valence-electron chi connectivity index (χ2n) is 4.53. The number of phenols is 1. The monoisotopic (exact) mass is 299 g/mol. The highest BCUT2D eigenvalue weighted by Gasteiger charge is 2.20. The number of benzene rings is 2. The fourth-order valence-electron chi connectivity index (χ4n) is 1.74. The van der Waals surface area contributed by atoms with E-state index in [4.69, 9.17) is 5.26 Å². The molecule has 0 aliphatic rings. The molecule has 0 unspecified atom stereocenters. The molecule has 0 saturated heterocycles. The average molecular weight is 299 g/mol. The maximum Gasteiger partial charge on any atom is 0.216 e. The fraction of sp³-hybridized carbons (Fsp3) is 0.0625. The summed E-state index contributed by atoms with van der Waals surface area (Å²) in [7, 11) is -3.84. The molecular formula is C16H13NO3S. The van der Waals surface area contributed by atoms with E-state index in [2.05, 4.69) is 0 Å². The van der Waals surface area contributed by atoms with Crippen molar-refractivity contribution in [3.63, 3.8) is 0 Å². The third-order valence-corrected chi connectivity index (χ3v) is 4.60. The molecule has 1 N–H and O–H groups in total. The van der Waals surface area contributed by atoms with Crippen LogP contribution in [0.5, 0.6) is 5.75 Å². The summed E-state index contributed by atoms with van der Waals surface area (Å²) >= 11 is 0. The lowest BCUT2D eigenvalue weighted by Gasteiger charge is -2.04. The van der Waals surface area contributed by atoms with Gasteiger partial charge in [0.2, 0.25) is 9.84 Å². The van der Waals surface area contributed by atoms with E-state index in [0.29, 0.717) is 5.56 Å². The molecule has 0 radical (unpaired) electrons. The zero-order valence-electron chi connectivity index (χ0n) is 11.3. The third kappa shape index (κ3) is 3.30. The van der Waals surface area contributed by atoms with Gasteiger partial charge in [0.15, 0.2) is 0 Å². The number of nitriles is 1. The number of phenolic OH excluding ortho intramolecular Hbond substituents is 1. The molecule has 0 atom stereocenters. The number of allylic oxidation sites excluding steroid dienone is 1. The van der Waals surface area contributed by atoms with Crippen molar-refractivity contribution in [2.45, 2.75) is 11.8 Å². The second kappa shape index (κ2) is 5.81. The maximum absolute atomic E-state index is 12.4. The van der Waals surface area contributed by atoms with Gasteiger partial charge >= 0.3 is 0 Å². The number of aromatic hydroxyl groups is 1. The van der Waals surface area contributed by atoms with Gasteiger partial charge in [-0.05, 0) is 42.8 Å². The fourth-order valence-corrected chi connectivity index (χ4v) is 2.90. The predicted molar refractivity (Wildman–Crippen MR) is 80.1 cm³/mol. The van der Waals surface area contributed by atoms with Crippen LogP contribution in [0.1, 0.15) is 11.1 Å². The number of sulfone groups is 1. The minimum atomic E-state index is -3.84. The molecule has 2 aromatic rings. The lowest BCUT2D eigenvalue weighted by molar-refractivity contribution is 0.475. The van der Waals surface area contributed by atoms with Crippen molar-refractivity contribution >= 4 is 15.9 Å². The Hall–Kier alpha value is -2.58. The molecule has 0 spiro atoms. The van der Waals surface area contributed by atoms with Crippen molar-refractivity contribution in [3.8, 4) is 11.8 Å². The summed E-state index contributed by atoms with van der Waals surface area (Å²) in [4.78, 5) is -0.253. The summed E-state index contributed by atoms with van der Waals surface area (Å²) in [5, 5.41) is 18.4. The summed E-state index contributed by atoms with van der Waals surface area (Å²) in [6.45, 7) is 1.86. The first-order chi connectivity index (χ1) is 9.93. The van der Waals surface area contributed by atoms with Gasteiger partial charge < -0.3 is 5.11 Å². The number of hydrogen-bond donors (Lipinski definition) is 1. The maximum atomic E-state index is 12.4. The Labute approximate surface area is 123 Å². The highest BCUT2D eigenvalue weighted by Crippen LogP contribution is 2.22. The van der Waals surface area contributed by atoms with Crippen LogP contribution in [0.25, 0.3) is 6.08 Å². The van der Waals surface area contributed by atoms with Gasteiger partial charge in [0.25, 0.3) is 0 Å².